The molecular weight excluding hydrogens is 127 g/mol. The van der Waals surface area contributed by atoms with Gasteiger partial charge in [-0.05, 0) is 0 Å². The Morgan fingerprint density at radius 3 is 2.25 bits per heavy atom. The molecule has 1 aliphatic heterocycles. The van der Waals surface area contributed by atoms with Gasteiger partial charge >= 0.3 is 11.9 Å². The third kappa shape index (κ3) is 0.771. The summed E-state index contributed by atoms with van der Waals surface area (Å²) in [6.07, 6.45) is 0.0791. The van der Waals surface area contributed by atoms with Crippen LogP contribution in [0.2, 0.25) is 0 Å². The van der Waals surface area contributed by atoms with Crippen molar-refractivity contribution in [1.82, 2.24) is 0 Å². The maximum atomic E-state index is 10.3. The maximum absolute atomic E-state index is 10.3. The van der Waals surface area contributed by atoms with Crippen molar-refractivity contribution < 1.29 is 14.3 Å². The van der Waals surface area contributed by atoms with E-state index in [0.717, 1.165) is 0 Å². The summed E-state index contributed by atoms with van der Waals surface area (Å²) >= 11 is 0. The third-order valence-electron chi connectivity index (χ3n) is 0.774. The van der Waals surface area contributed by atoms with E-state index < -0.39 is 11.9 Å². The second-order valence-corrected chi connectivity index (χ2v) is 2.02. The summed E-state index contributed by atoms with van der Waals surface area (Å²) in [7, 11) is 2.91. The predicted molar refractivity (Wildman–Crippen MR) is 29.0 cm³/mol. The molecule has 1 rings (SSSR count). The topological polar surface area (TPSA) is 43.4 Å². The number of hydrogen-bond acceptors (Lipinski definition) is 3. The number of esters is 2. The molecule has 0 spiro atoms. The van der Waals surface area contributed by atoms with Crippen LogP contribution in [0.15, 0.2) is 0 Å². The zero-order chi connectivity index (χ0) is 6.15. The van der Waals surface area contributed by atoms with Crippen molar-refractivity contribution in [1.29, 1.82) is 0 Å². The molecule has 0 N–H and O–H groups in total. The smallest absolute Gasteiger partial charge is 0.346 e. The Labute approximate surface area is 47.9 Å². The number of hydrogen-bond donors (Lipinski definition) is 0. The SMILES string of the molecule is O=C1CC(=P)C(=O)O1. The molecule has 42 valence electrons. The van der Waals surface area contributed by atoms with Gasteiger partial charge in [0.25, 0.3) is 0 Å². The van der Waals surface area contributed by atoms with E-state index in [1.807, 2.05) is 0 Å². The monoisotopic (exact) mass is 130 g/mol. The number of ether oxygens (including phenoxy) is 1. The van der Waals surface area contributed by atoms with Gasteiger partial charge in [0.05, 0.1) is 11.7 Å². The summed E-state index contributed by atoms with van der Waals surface area (Å²) in [5, 5.41) is 0.301. The Morgan fingerprint density at radius 1 is 1.50 bits per heavy atom. The van der Waals surface area contributed by atoms with Crippen molar-refractivity contribution in [2.45, 2.75) is 6.42 Å². The van der Waals surface area contributed by atoms with Crippen LogP contribution >= 0.6 is 8.86 Å². The lowest BCUT2D eigenvalue weighted by Crippen LogP contribution is -2.01. The summed E-state index contributed by atoms with van der Waals surface area (Å²) in [6.45, 7) is 0. The van der Waals surface area contributed by atoms with E-state index in [1.165, 1.54) is 0 Å². The van der Waals surface area contributed by atoms with Crippen molar-refractivity contribution in [3.8, 4) is 0 Å². The van der Waals surface area contributed by atoms with Gasteiger partial charge in [0.1, 0.15) is 0 Å². The van der Waals surface area contributed by atoms with Crippen LogP contribution < -0.4 is 0 Å². The molecule has 0 radical (unpaired) electrons. The second-order valence-electron chi connectivity index (χ2n) is 1.42. The first kappa shape index (κ1) is 5.45. The molecule has 1 aliphatic rings. The Bertz CT molecular complexity index is 154. The van der Waals surface area contributed by atoms with Crippen molar-refractivity contribution in [3.05, 3.63) is 0 Å². The van der Waals surface area contributed by atoms with E-state index in [2.05, 4.69) is 13.6 Å². The van der Waals surface area contributed by atoms with Crippen LogP contribution in [0.5, 0.6) is 0 Å². The van der Waals surface area contributed by atoms with Crippen LogP contribution in [-0.4, -0.2) is 17.2 Å². The highest BCUT2D eigenvalue weighted by Gasteiger charge is 2.24. The molecule has 4 heteroatoms. The summed E-state index contributed by atoms with van der Waals surface area (Å²) < 4.78 is 4.11. The molecule has 0 aromatic rings. The Balaban J connectivity index is 2.79. The molecule has 1 saturated heterocycles. The molecule has 0 bridgehead atoms. The number of rotatable bonds is 0. The second kappa shape index (κ2) is 1.67. The molecule has 3 nitrogen and oxygen atoms in total. The summed E-state index contributed by atoms with van der Waals surface area (Å²) in [4.78, 5) is 20.4. The first-order valence-electron chi connectivity index (χ1n) is 2.02. The summed E-state index contributed by atoms with van der Waals surface area (Å²) in [5.41, 5.74) is 0. The van der Waals surface area contributed by atoms with E-state index in [0.29, 0.717) is 5.29 Å². The zero-order valence-electron chi connectivity index (χ0n) is 3.93. The van der Waals surface area contributed by atoms with Crippen molar-refractivity contribution >= 4 is 26.1 Å². The molecule has 0 aliphatic carbocycles. The molecule has 0 aromatic heterocycles. The Hall–Kier alpha value is -0.690. The fraction of sp³-hybridized carbons (Fsp3) is 0.250. The van der Waals surface area contributed by atoms with Gasteiger partial charge in [-0.25, -0.2) is 4.79 Å². The number of carbonyl (C=O) groups excluding carboxylic acids is 2. The molecule has 0 atom stereocenters. The lowest BCUT2D eigenvalue weighted by atomic mass is 10.4. The Kier molecular flexibility index (Phi) is 1.14. The molecule has 0 aromatic carbocycles. The standard InChI is InChI=1S/C4H3O3P/c5-3-1-2(8)4(6)7-3/h8H,1H2. The third-order valence-corrected chi connectivity index (χ3v) is 1.15. The highest BCUT2D eigenvalue weighted by molar-refractivity contribution is 7.26. The van der Waals surface area contributed by atoms with Crippen LogP contribution in [0.1, 0.15) is 6.42 Å². The van der Waals surface area contributed by atoms with Gasteiger partial charge in [0.2, 0.25) is 0 Å². The van der Waals surface area contributed by atoms with Crippen LogP contribution in [0, 0.1) is 0 Å². The fourth-order valence-corrected chi connectivity index (χ4v) is 0.613. The van der Waals surface area contributed by atoms with Gasteiger partial charge in [0, 0.05) is 0 Å². The largest absolute Gasteiger partial charge is 0.389 e. The molecule has 0 saturated carbocycles. The summed E-state index contributed by atoms with van der Waals surface area (Å²) in [6, 6.07) is 0. The average molecular weight is 130 g/mol. The normalized spacial score (nSPS) is 19.2. The van der Waals surface area contributed by atoms with E-state index >= 15 is 0 Å². The predicted octanol–water partition coefficient (Wildman–Crippen LogP) is -0.225. The van der Waals surface area contributed by atoms with Crippen molar-refractivity contribution in [2.24, 2.45) is 0 Å². The van der Waals surface area contributed by atoms with Gasteiger partial charge in [-0.1, -0.05) is 0 Å². The van der Waals surface area contributed by atoms with Crippen LogP contribution in [0.3, 0.4) is 0 Å². The molecular formula is C4H3O3P. The van der Waals surface area contributed by atoms with E-state index in [9.17, 15) is 9.59 Å². The van der Waals surface area contributed by atoms with Gasteiger partial charge in [-0.3, -0.25) is 4.79 Å². The van der Waals surface area contributed by atoms with E-state index in [1.54, 1.807) is 0 Å². The quantitative estimate of drug-likeness (QED) is 0.258. The summed E-state index contributed by atoms with van der Waals surface area (Å²) in [5.74, 6) is -1.05. The lowest BCUT2D eigenvalue weighted by molar-refractivity contribution is -0.150. The first-order chi connectivity index (χ1) is 3.70. The molecule has 1 fully saturated rings. The highest BCUT2D eigenvalue weighted by atomic mass is 31.0. The van der Waals surface area contributed by atoms with Gasteiger partial charge in [-0.15, -0.1) is 8.86 Å². The zero-order valence-corrected chi connectivity index (χ0v) is 4.93. The minimum atomic E-state index is -0.563. The maximum Gasteiger partial charge on any atom is 0.346 e. The average Bonchev–Trinajstić information content (AvgIpc) is 1.85. The van der Waals surface area contributed by atoms with Crippen LogP contribution in [0.4, 0.5) is 0 Å². The molecule has 0 unspecified atom stereocenters. The Morgan fingerprint density at radius 2 is 2.12 bits per heavy atom. The minimum absolute atomic E-state index is 0.0791. The van der Waals surface area contributed by atoms with E-state index in [4.69, 9.17) is 0 Å². The van der Waals surface area contributed by atoms with Gasteiger partial charge in [0.15, 0.2) is 0 Å². The van der Waals surface area contributed by atoms with Crippen LogP contribution in [-0.2, 0) is 14.3 Å². The van der Waals surface area contributed by atoms with Gasteiger partial charge in [-0.2, -0.15) is 0 Å². The van der Waals surface area contributed by atoms with Crippen LogP contribution in [0.25, 0.3) is 0 Å². The molecule has 8 heavy (non-hydrogen) atoms. The molecule has 0 amide bonds. The van der Waals surface area contributed by atoms with Gasteiger partial charge < -0.3 is 4.74 Å². The minimum Gasteiger partial charge on any atom is -0.389 e. The molecule has 1 heterocycles. The fourth-order valence-electron chi connectivity index (χ4n) is 0.418. The van der Waals surface area contributed by atoms with Crippen molar-refractivity contribution in [2.75, 3.05) is 0 Å². The highest BCUT2D eigenvalue weighted by Crippen LogP contribution is 2.04. The first-order valence-corrected chi connectivity index (χ1v) is 2.52. The number of cyclic esters (lactones) is 2. The lowest BCUT2D eigenvalue weighted by Gasteiger charge is -1.79. The van der Waals surface area contributed by atoms with E-state index in [-0.39, 0.29) is 6.42 Å². The number of carbonyl (C=O) groups is 2. The van der Waals surface area contributed by atoms with Crippen molar-refractivity contribution in [3.63, 3.8) is 0 Å².